The minimum absolute atomic E-state index is 0.246. The highest BCUT2D eigenvalue weighted by Crippen LogP contribution is 2.35. The average Bonchev–Trinajstić information content (AvgIpc) is 2.48. The fourth-order valence-electron chi connectivity index (χ4n) is 1.12. The smallest absolute Gasteiger partial charge is 0.0924 e. The van der Waals surface area contributed by atoms with Gasteiger partial charge in [-0.25, -0.2) is 0 Å². The Hall–Kier alpha value is -0.0500. The minimum atomic E-state index is -0.424. The molecule has 0 radical (unpaired) electrons. The van der Waals surface area contributed by atoms with Crippen molar-refractivity contribution in [3.63, 3.8) is 0 Å². The van der Waals surface area contributed by atoms with Crippen LogP contribution in [0.3, 0.4) is 0 Å². The van der Waals surface area contributed by atoms with E-state index in [9.17, 15) is 5.11 Å². The van der Waals surface area contributed by atoms with E-state index in [-0.39, 0.29) is 5.92 Å². The lowest BCUT2D eigenvalue weighted by Gasteiger charge is -2.21. The summed E-state index contributed by atoms with van der Waals surface area (Å²) in [6.45, 7) is 6.26. The summed E-state index contributed by atoms with van der Waals surface area (Å²) in [6, 6.07) is 1.83. The third-order valence-corrected chi connectivity index (χ3v) is 3.89. The Morgan fingerprint density at radius 1 is 1.38 bits per heavy atom. The van der Waals surface area contributed by atoms with E-state index in [0.29, 0.717) is 10.9 Å². The second kappa shape index (κ2) is 4.45. The van der Waals surface area contributed by atoms with E-state index in [0.717, 1.165) is 4.88 Å². The van der Waals surface area contributed by atoms with Gasteiger partial charge in [-0.3, -0.25) is 0 Å². The van der Waals surface area contributed by atoms with Gasteiger partial charge < -0.3 is 5.11 Å². The van der Waals surface area contributed by atoms with Gasteiger partial charge in [-0.05, 0) is 23.3 Å². The van der Waals surface area contributed by atoms with Crippen LogP contribution in [0.15, 0.2) is 11.4 Å². The molecule has 2 unspecified atom stereocenters. The van der Waals surface area contributed by atoms with Crippen LogP contribution >= 0.6 is 22.9 Å². The predicted octanol–water partition coefficient (Wildman–Crippen LogP) is 3.73. The van der Waals surface area contributed by atoms with Gasteiger partial charge in [0.25, 0.3) is 0 Å². The molecule has 1 aromatic rings. The van der Waals surface area contributed by atoms with Crippen molar-refractivity contribution in [1.29, 1.82) is 0 Å². The van der Waals surface area contributed by atoms with E-state index < -0.39 is 6.10 Å². The molecule has 0 aliphatic rings. The first-order valence-electron chi connectivity index (χ1n) is 4.45. The third kappa shape index (κ3) is 2.46. The summed E-state index contributed by atoms with van der Waals surface area (Å²) in [6.07, 6.45) is -0.424. The fraction of sp³-hybridized carbons (Fsp3) is 0.600. The SMILES string of the molecule is CC(C)C(C)C(O)c1sccc1Cl. The van der Waals surface area contributed by atoms with Crippen LogP contribution in [0.25, 0.3) is 0 Å². The fourth-order valence-corrected chi connectivity index (χ4v) is 2.39. The Labute approximate surface area is 88.4 Å². The van der Waals surface area contributed by atoms with Crippen molar-refractivity contribution >= 4 is 22.9 Å². The molecule has 0 aliphatic heterocycles. The molecule has 0 amide bonds. The Balaban J connectivity index is 2.79. The Kier molecular flexibility index (Phi) is 3.77. The van der Waals surface area contributed by atoms with Crippen LogP contribution in [0.2, 0.25) is 5.02 Å². The molecule has 1 rings (SSSR count). The number of halogens is 1. The number of hydrogen-bond acceptors (Lipinski definition) is 2. The number of aliphatic hydroxyl groups excluding tert-OH is 1. The van der Waals surface area contributed by atoms with Crippen LogP contribution in [0.1, 0.15) is 31.8 Å². The predicted molar refractivity (Wildman–Crippen MR) is 58.3 cm³/mol. The van der Waals surface area contributed by atoms with E-state index in [1.807, 2.05) is 18.4 Å². The highest BCUT2D eigenvalue weighted by Gasteiger charge is 2.22. The average molecular weight is 219 g/mol. The maximum Gasteiger partial charge on any atom is 0.0924 e. The molecular formula is C10H15ClOS. The first kappa shape index (κ1) is 11.0. The lowest BCUT2D eigenvalue weighted by atomic mass is 9.91. The van der Waals surface area contributed by atoms with E-state index in [1.165, 1.54) is 11.3 Å². The van der Waals surface area contributed by atoms with Crippen molar-refractivity contribution in [1.82, 2.24) is 0 Å². The molecule has 1 aromatic heterocycles. The van der Waals surface area contributed by atoms with Crippen molar-refractivity contribution in [2.24, 2.45) is 11.8 Å². The number of thiophene rings is 1. The van der Waals surface area contributed by atoms with E-state index >= 15 is 0 Å². The van der Waals surface area contributed by atoms with Crippen molar-refractivity contribution in [3.05, 3.63) is 21.3 Å². The second-order valence-corrected chi connectivity index (χ2v) is 5.04. The molecule has 0 spiro atoms. The number of hydrogen-bond donors (Lipinski definition) is 1. The first-order chi connectivity index (χ1) is 6.04. The summed E-state index contributed by atoms with van der Waals surface area (Å²) in [7, 11) is 0. The molecule has 0 fully saturated rings. The van der Waals surface area contributed by atoms with Crippen molar-refractivity contribution in [2.75, 3.05) is 0 Å². The van der Waals surface area contributed by atoms with Crippen molar-refractivity contribution in [3.8, 4) is 0 Å². The second-order valence-electron chi connectivity index (χ2n) is 3.68. The van der Waals surface area contributed by atoms with Crippen molar-refractivity contribution in [2.45, 2.75) is 26.9 Å². The largest absolute Gasteiger partial charge is 0.387 e. The summed E-state index contributed by atoms with van der Waals surface area (Å²) in [5.74, 6) is 0.712. The molecule has 3 heteroatoms. The molecule has 1 nitrogen and oxygen atoms in total. The van der Waals surface area contributed by atoms with E-state index in [2.05, 4.69) is 13.8 Å². The summed E-state index contributed by atoms with van der Waals surface area (Å²) in [5, 5.41) is 12.6. The van der Waals surface area contributed by atoms with Gasteiger partial charge >= 0.3 is 0 Å². The quantitative estimate of drug-likeness (QED) is 0.820. The van der Waals surface area contributed by atoms with Gasteiger partial charge in [0, 0.05) is 0 Å². The normalized spacial score (nSPS) is 16.2. The molecule has 0 aliphatic carbocycles. The standard InChI is InChI=1S/C10H15ClOS/c1-6(2)7(3)9(12)10-8(11)4-5-13-10/h4-7,9,12H,1-3H3. The molecule has 74 valence electrons. The van der Waals surface area contributed by atoms with Crippen LogP contribution in [0, 0.1) is 11.8 Å². The Morgan fingerprint density at radius 2 is 2.00 bits per heavy atom. The summed E-state index contributed by atoms with van der Waals surface area (Å²) >= 11 is 7.46. The van der Waals surface area contributed by atoms with E-state index in [1.54, 1.807) is 0 Å². The lowest BCUT2D eigenvalue weighted by molar-refractivity contribution is 0.0954. The van der Waals surface area contributed by atoms with Gasteiger partial charge in [0.05, 0.1) is 16.0 Å². The summed E-state index contributed by atoms with van der Waals surface area (Å²) in [5.41, 5.74) is 0. The molecule has 2 atom stereocenters. The van der Waals surface area contributed by atoms with Crippen LogP contribution in [-0.2, 0) is 0 Å². The maximum atomic E-state index is 9.96. The van der Waals surface area contributed by atoms with Crippen LogP contribution in [-0.4, -0.2) is 5.11 Å². The highest BCUT2D eigenvalue weighted by molar-refractivity contribution is 7.10. The van der Waals surface area contributed by atoms with E-state index in [4.69, 9.17) is 11.6 Å². The van der Waals surface area contributed by atoms with Gasteiger partial charge in [-0.1, -0.05) is 32.4 Å². The van der Waals surface area contributed by atoms with Crippen LogP contribution in [0.5, 0.6) is 0 Å². The zero-order valence-electron chi connectivity index (χ0n) is 8.12. The van der Waals surface area contributed by atoms with Crippen molar-refractivity contribution < 1.29 is 5.11 Å². The Morgan fingerprint density at radius 3 is 2.38 bits per heavy atom. The highest BCUT2D eigenvalue weighted by atomic mass is 35.5. The molecule has 0 bridgehead atoms. The van der Waals surface area contributed by atoms with Crippen LogP contribution < -0.4 is 0 Å². The molecule has 0 aromatic carbocycles. The third-order valence-electron chi connectivity index (χ3n) is 2.46. The van der Waals surface area contributed by atoms with Crippen LogP contribution in [0.4, 0.5) is 0 Å². The minimum Gasteiger partial charge on any atom is -0.387 e. The molecular weight excluding hydrogens is 204 g/mol. The topological polar surface area (TPSA) is 20.2 Å². The molecule has 0 saturated heterocycles. The molecule has 1 heterocycles. The molecule has 0 saturated carbocycles. The first-order valence-corrected chi connectivity index (χ1v) is 5.70. The van der Waals surface area contributed by atoms with Gasteiger partial charge in [0.15, 0.2) is 0 Å². The zero-order valence-corrected chi connectivity index (χ0v) is 9.69. The zero-order chi connectivity index (χ0) is 10.0. The van der Waals surface area contributed by atoms with Gasteiger partial charge in [0.2, 0.25) is 0 Å². The Bertz CT molecular complexity index is 270. The van der Waals surface area contributed by atoms with Gasteiger partial charge in [0.1, 0.15) is 0 Å². The van der Waals surface area contributed by atoms with Gasteiger partial charge in [-0.2, -0.15) is 0 Å². The summed E-state index contributed by atoms with van der Waals surface area (Å²) < 4.78 is 0. The summed E-state index contributed by atoms with van der Waals surface area (Å²) in [4.78, 5) is 0.892. The maximum absolute atomic E-state index is 9.96. The lowest BCUT2D eigenvalue weighted by Crippen LogP contribution is -2.14. The molecule has 1 N–H and O–H groups in total. The monoisotopic (exact) mass is 218 g/mol. The van der Waals surface area contributed by atoms with Gasteiger partial charge in [-0.15, -0.1) is 11.3 Å². The number of rotatable bonds is 3. The molecule has 13 heavy (non-hydrogen) atoms. The number of aliphatic hydroxyl groups is 1.